The highest BCUT2D eigenvalue weighted by Crippen LogP contribution is 2.40. The number of likely N-dealkylation sites (tertiary alicyclic amines) is 1. The monoisotopic (exact) mass is 530 g/mol. The normalized spacial score (nSPS) is 30.0. The summed E-state index contributed by atoms with van der Waals surface area (Å²) in [5.74, 6) is 3.20. The van der Waals surface area contributed by atoms with Crippen molar-refractivity contribution >= 4 is 11.8 Å². The Morgan fingerprint density at radius 3 is 1.77 bits per heavy atom. The lowest BCUT2D eigenvalue weighted by Gasteiger charge is -2.31. The van der Waals surface area contributed by atoms with Gasteiger partial charge in [0.05, 0.1) is 0 Å². The van der Waals surface area contributed by atoms with Crippen molar-refractivity contribution in [3.63, 3.8) is 0 Å². The van der Waals surface area contributed by atoms with Crippen LogP contribution in [0, 0.1) is 23.7 Å². The molecule has 6 rings (SSSR count). The van der Waals surface area contributed by atoms with Crippen LogP contribution >= 0.6 is 0 Å². The van der Waals surface area contributed by atoms with E-state index in [1.54, 1.807) is 0 Å². The summed E-state index contributed by atoms with van der Waals surface area (Å²) in [6.45, 7) is 3.86. The van der Waals surface area contributed by atoms with E-state index in [0.29, 0.717) is 41.7 Å². The van der Waals surface area contributed by atoms with Crippen molar-refractivity contribution in [3.05, 3.63) is 71.8 Å². The van der Waals surface area contributed by atoms with E-state index in [2.05, 4.69) is 89.9 Å². The summed E-state index contributed by atoms with van der Waals surface area (Å²) in [4.78, 5) is 30.1. The number of hydrogen-bond acceptors (Lipinski definition) is 4. The molecule has 6 heteroatoms. The number of piperidine rings is 2. The molecule has 0 aromatic heterocycles. The lowest BCUT2D eigenvalue weighted by molar-refractivity contribution is -0.135. The number of rotatable bonds is 6. The van der Waals surface area contributed by atoms with Gasteiger partial charge >= 0.3 is 0 Å². The van der Waals surface area contributed by atoms with E-state index in [4.69, 9.17) is 0 Å². The molecule has 2 saturated heterocycles. The minimum absolute atomic E-state index is 0.243. The predicted octanol–water partition coefficient (Wildman–Crippen LogP) is 4.41. The van der Waals surface area contributed by atoms with E-state index in [0.717, 1.165) is 39.0 Å². The van der Waals surface area contributed by atoms with Crippen LogP contribution in [0.2, 0.25) is 0 Å². The Labute approximate surface area is 234 Å². The zero-order valence-corrected chi connectivity index (χ0v) is 24.0. The number of benzene rings is 2. The maximum Gasteiger partial charge on any atom is 0.222 e. The number of carbonyl (C=O) groups is 2. The first-order chi connectivity index (χ1) is 18.9. The summed E-state index contributed by atoms with van der Waals surface area (Å²) in [6, 6.07) is 22.5. The van der Waals surface area contributed by atoms with Crippen molar-refractivity contribution in [2.24, 2.45) is 23.7 Å². The summed E-state index contributed by atoms with van der Waals surface area (Å²) >= 11 is 0. The fourth-order valence-corrected chi connectivity index (χ4v) is 7.44. The third-order valence-corrected chi connectivity index (χ3v) is 9.81. The quantitative estimate of drug-likeness (QED) is 0.601. The van der Waals surface area contributed by atoms with Crippen LogP contribution < -0.4 is 5.32 Å². The fourth-order valence-electron chi connectivity index (χ4n) is 7.44. The SMILES string of the molecule is CN(Cc1ccccc1)C1C[C@H]2CC(=O)NC[C@H]2C1.CN1C[C@H]2CC(N(C)Cc3ccccc3)C[C@H]2CC1=O. The molecule has 2 aliphatic heterocycles. The van der Waals surface area contributed by atoms with E-state index < -0.39 is 0 Å². The van der Waals surface area contributed by atoms with Crippen LogP contribution in [0.1, 0.15) is 49.7 Å². The number of hydrogen-bond donors (Lipinski definition) is 1. The van der Waals surface area contributed by atoms with Gasteiger partial charge in [-0.05, 0) is 74.6 Å². The molecule has 2 saturated carbocycles. The van der Waals surface area contributed by atoms with Crippen LogP contribution in [0.15, 0.2) is 60.7 Å². The van der Waals surface area contributed by atoms with Crippen LogP contribution in [-0.2, 0) is 22.7 Å². The molecule has 39 heavy (non-hydrogen) atoms. The van der Waals surface area contributed by atoms with Crippen molar-refractivity contribution in [1.82, 2.24) is 20.0 Å². The maximum atomic E-state index is 11.8. The average molecular weight is 531 g/mol. The van der Waals surface area contributed by atoms with Crippen LogP contribution in [-0.4, -0.2) is 72.8 Å². The second-order valence-corrected chi connectivity index (χ2v) is 12.6. The Morgan fingerprint density at radius 1 is 0.718 bits per heavy atom. The van der Waals surface area contributed by atoms with E-state index in [1.165, 1.54) is 36.8 Å². The molecule has 0 radical (unpaired) electrons. The Morgan fingerprint density at radius 2 is 1.21 bits per heavy atom. The van der Waals surface area contributed by atoms with Crippen molar-refractivity contribution < 1.29 is 9.59 Å². The summed E-state index contributed by atoms with van der Waals surface area (Å²) in [7, 11) is 6.38. The van der Waals surface area contributed by atoms with Gasteiger partial charge in [-0.2, -0.15) is 0 Å². The molecule has 2 aromatic carbocycles. The highest BCUT2D eigenvalue weighted by atomic mass is 16.2. The van der Waals surface area contributed by atoms with Crippen molar-refractivity contribution in [1.29, 1.82) is 0 Å². The standard InChI is InChI=1S/C17H24N2O.C16H22N2O/c1-18(11-13-6-4-3-5-7-13)16-8-14-10-17(20)19(2)12-15(14)9-16;1-18(11-12-5-3-2-4-6-12)15-7-13-9-16(19)17-10-14(13)8-15/h3-7,14-16H,8-12H2,1-2H3;2-6,13-15H,7-11H2,1H3,(H,17,19)/t14-,15+,16?;13-,14+,15?/m00/s1. The molecule has 6 nitrogen and oxygen atoms in total. The number of carbonyl (C=O) groups excluding carboxylic acids is 2. The zero-order valence-electron chi connectivity index (χ0n) is 24.0. The minimum atomic E-state index is 0.243. The first-order valence-corrected chi connectivity index (χ1v) is 14.8. The van der Waals surface area contributed by atoms with E-state index in [-0.39, 0.29) is 5.91 Å². The molecule has 4 aliphatic rings. The second kappa shape index (κ2) is 12.6. The number of nitrogens with one attached hydrogen (secondary N) is 1. The van der Waals surface area contributed by atoms with Gasteiger partial charge in [0.1, 0.15) is 0 Å². The lowest BCUT2D eigenvalue weighted by Crippen LogP contribution is -2.39. The van der Waals surface area contributed by atoms with Crippen LogP contribution in [0.4, 0.5) is 0 Å². The third-order valence-electron chi connectivity index (χ3n) is 9.81. The Balaban J connectivity index is 0.000000158. The Kier molecular flexibility index (Phi) is 9.03. The molecule has 2 heterocycles. The molecule has 4 fully saturated rings. The summed E-state index contributed by atoms with van der Waals surface area (Å²) in [6.07, 6.45) is 6.34. The fraction of sp³-hybridized carbons (Fsp3) is 0.576. The van der Waals surface area contributed by atoms with Crippen molar-refractivity contribution in [2.75, 3.05) is 34.2 Å². The smallest absolute Gasteiger partial charge is 0.222 e. The molecule has 2 unspecified atom stereocenters. The molecule has 1 N–H and O–H groups in total. The largest absolute Gasteiger partial charge is 0.356 e. The molecule has 2 aliphatic carbocycles. The summed E-state index contributed by atoms with van der Waals surface area (Å²) in [5, 5.41) is 3.01. The van der Waals surface area contributed by atoms with E-state index >= 15 is 0 Å². The summed E-state index contributed by atoms with van der Waals surface area (Å²) < 4.78 is 0. The molecule has 2 amide bonds. The van der Waals surface area contributed by atoms with Gasteiger partial charge < -0.3 is 10.2 Å². The van der Waals surface area contributed by atoms with Crippen LogP contribution in [0.5, 0.6) is 0 Å². The average Bonchev–Trinajstić information content (AvgIpc) is 3.54. The van der Waals surface area contributed by atoms with Gasteiger partial charge in [-0.3, -0.25) is 19.4 Å². The molecule has 0 spiro atoms. The van der Waals surface area contributed by atoms with Gasteiger partial charge in [-0.25, -0.2) is 0 Å². The minimum Gasteiger partial charge on any atom is -0.356 e. The molecule has 2 aromatic rings. The zero-order chi connectivity index (χ0) is 27.4. The first-order valence-electron chi connectivity index (χ1n) is 14.8. The van der Waals surface area contributed by atoms with E-state index in [9.17, 15) is 9.59 Å². The highest BCUT2D eigenvalue weighted by Gasteiger charge is 2.41. The Hall–Kier alpha value is -2.70. The van der Waals surface area contributed by atoms with Crippen molar-refractivity contribution in [2.45, 2.75) is 63.7 Å². The predicted molar refractivity (Wildman–Crippen MR) is 156 cm³/mol. The van der Waals surface area contributed by atoms with Crippen LogP contribution in [0.25, 0.3) is 0 Å². The highest BCUT2D eigenvalue weighted by molar-refractivity contribution is 5.77. The number of amides is 2. The number of fused-ring (bicyclic) bond motifs is 2. The van der Waals surface area contributed by atoms with Gasteiger partial charge in [0, 0.05) is 58.2 Å². The van der Waals surface area contributed by atoms with Crippen molar-refractivity contribution in [3.8, 4) is 0 Å². The molecule has 210 valence electrons. The molecular weight excluding hydrogens is 484 g/mol. The first kappa shape index (κ1) is 27.9. The van der Waals surface area contributed by atoms with Gasteiger partial charge in [-0.1, -0.05) is 60.7 Å². The van der Waals surface area contributed by atoms with Crippen LogP contribution in [0.3, 0.4) is 0 Å². The second-order valence-electron chi connectivity index (χ2n) is 12.6. The molecule has 0 bridgehead atoms. The molecule has 6 atom stereocenters. The lowest BCUT2D eigenvalue weighted by atomic mass is 9.88. The van der Waals surface area contributed by atoms with Gasteiger partial charge in [0.2, 0.25) is 11.8 Å². The maximum absolute atomic E-state index is 11.8. The van der Waals surface area contributed by atoms with Gasteiger partial charge in [-0.15, -0.1) is 0 Å². The molecular formula is C33H46N4O2. The summed E-state index contributed by atoms with van der Waals surface area (Å²) in [5.41, 5.74) is 2.74. The Bertz CT molecular complexity index is 1090. The topological polar surface area (TPSA) is 55.9 Å². The van der Waals surface area contributed by atoms with Gasteiger partial charge in [0.15, 0.2) is 0 Å². The van der Waals surface area contributed by atoms with Gasteiger partial charge in [0.25, 0.3) is 0 Å². The number of nitrogens with zero attached hydrogens (tertiary/aromatic N) is 3. The third kappa shape index (κ3) is 7.09. The van der Waals surface area contributed by atoms with E-state index in [1.807, 2.05) is 11.9 Å².